The number of carbonyl (C=O) groups excluding carboxylic acids is 1. The third-order valence-corrected chi connectivity index (χ3v) is 4.36. The molecule has 1 N–H and O–H groups in total. The molecular weight excluding hydrogens is 314 g/mol. The number of carbonyl (C=O) groups is 1. The second-order valence-electron chi connectivity index (χ2n) is 6.11. The molecule has 0 fully saturated rings. The van der Waals surface area contributed by atoms with E-state index in [2.05, 4.69) is 18.3 Å². The zero-order chi connectivity index (χ0) is 18.2. The average molecular weight is 341 g/mol. The molecule has 2 aromatic rings. The van der Waals surface area contributed by atoms with Gasteiger partial charge in [-0.15, -0.1) is 0 Å². The Labute approximate surface area is 150 Å². The van der Waals surface area contributed by atoms with E-state index in [4.69, 9.17) is 9.47 Å². The van der Waals surface area contributed by atoms with Gasteiger partial charge in [0.2, 0.25) is 5.91 Å². The van der Waals surface area contributed by atoms with Crippen molar-refractivity contribution in [1.82, 2.24) is 5.32 Å². The third kappa shape index (κ3) is 5.24. The van der Waals surface area contributed by atoms with Crippen LogP contribution in [0.3, 0.4) is 0 Å². The van der Waals surface area contributed by atoms with Crippen LogP contribution < -0.4 is 14.8 Å². The Balaban J connectivity index is 1.93. The van der Waals surface area contributed by atoms with Crippen LogP contribution in [0.2, 0.25) is 0 Å². The van der Waals surface area contributed by atoms with E-state index in [0.717, 1.165) is 34.6 Å². The number of rotatable bonds is 8. The molecule has 4 heteroatoms. The first kappa shape index (κ1) is 18.8. The molecule has 134 valence electrons. The van der Waals surface area contributed by atoms with Gasteiger partial charge >= 0.3 is 0 Å². The molecule has 25 heavy (non-hydrogen) atoms. The smallest absolute Gasteiger partial charge is 0.220 e. The Kier molecular flexibility index (Phi) is 6.87. The van der Waals surface area contributed by atoms with Gasteiger partial charge in [0.1, 0.15) is 11.5 Å². The van der Waals surface area contributed by atoms with Crippen molar-refractivity contribution in [3.8, 4) is 11.5 Å². The fourth-order valence-electron chi connectivity index (χ4n) is 2.86. The molecule has 1 amide bonds. The fraction of sp³-hybridized carbons (Fsp3) is 0.381. The molecular formula is C21H27NO3. The molecule has 0 aliphatic heterocycles. The molecule has 0 bridgehead atoms. The molecule has 0 heterocycles. The van der Waals surface area contributed by atoms with Crippen molar-refractivity contribution in [2.45, 2.75) is 39.2 Å². The van der Waals surface area contributed by atoms with Crippen molar-refractivity contribution in [1.29, 1.82) is 0 Å². The van der Waals surface area contributed by atoms with Crippen LogP contribution in [0.25, 0.3) is 0 Å². The number of aryl methyl sites for hydroxylation is 2. The SMILES string of the molecule is CC[C@@H](NC(=O)CCc1ccc(OC)cc1)c1ccc(OC)c(C)c1. The molecule has 0 unspecified atom stereocenters. The minimum Gasteiger partial charge on any atom is -0.497 e. The van der Waals surface area contributed by atoms with E-state index < -0.39 is 0 Å². The number of ether oxygens (including phenoxy) is 2. The highest BCUT2D eigenvalue weighted by molar-refractivity contribution is 5.76. The molecule has 0 saturated carbocycles. The van der Waals surface area contributed by atoms with Crippen molar-refractivity contribution in [2.24, 2.45) is 0 Å². The van der Waals surface area contributed by atoms with E-state index in [9.17, 15) is 4.79 Å². The van der Waals surface area contributed by atoms with Crippen molar-refractivity contribution in [3.05, 3.63) is 59.2 Å². The number of nitrogens with one attached hydrogen (secondary N) is 1. The van der Waals surface area contributed by atoms with Gasteiger partial charge in [-0.2, -0.15) is 0 Å². The topological polar surface area (TPSA) is 47.6 Å². The maximum absolute atomic E-state index is 12.3. The van der Waals surface area contributed by atoms with Gasteiger partial charge in [-0.1, -0.05) is 31.2 Å². The zero-order valence-electron chi connectivity index (χ0n) is 15.5. The number of methoxy groups -OCH3 is 2. The summed E-state index contributed by atoms with van der Waals surface area (Å²) in [7, 11) is 3.31. The maximum atomic E-state index is 12.3. The van der Waals surface area contributed by atoms with E-state index in [1.165, 1.54) is 0 Å². The number of amides is 1. The Bertz CT molecular complexity index is 695. The summed E-state index contributed by atoms with van der Waals surface area (Å²) in [6, 6.07) is 13.9. The van der Waals surface area contributed by atoms with Crippen LogP contribution in [-0.2, 0) is 11.2 Å². The predicted molar refractivity (Wildman–Crippen MR) is 100 cm³/mol. The molecule has 1 atom stereocenters. The van der Waals surface area contributed by atoms with Crippen molar-refractivity contribution >= 4 is 5.91 Å². The van der Waals surface area contributed by atoms with E-state index >= 15 is 0 Å². The first-order valence-electron chi connectivity index (χ1n) is 8.64. The van der Waals surface area contributed by atoms with Gasteiger partial charge in [0.05, 0.1) is 20.3 Å². The first-order valence-corrected chi connectivity index (χ1v) is 8.64. The van der Waals surface area contributed by atoms with Gasteiger partial charge < -0.3 is 14.8 Å². The van der Waals surface area contributed by atoms with Crippen molar-refractivity contribution in [3.63, 3.8) is 0 Å². The molecule has 2 rings (SSSR count). The van der Waals surface area contributed by atoms with E-state index in [1.807, 2.05) is 43.3 Å². The highest BCUT2D eigenvalue weighted by Crippen LogP contribution is 2.24. The summed E-state index contributed by atoms with van der Waals surface area (Å²) in [6.45, 7) is 4.09. The van der Waals surface area contributed by atoms with Crippen LogP contribution in [0.15, 0.2) is 42.5 Å². The lowest BCUT2D eigenvalue weighted by atomic mass is 10.0. The van der Waals surface area contributed by atoms with E-state index in [1.54, 1.807) is 14.2 Å². The average Bonchev–Trinajstić information content (AvgIpc) is 2.64. The van der Waals surface area contributed by atoms with Crippen LogP contribution in [0.4, 0.5) is 0 Å². The van der Waals surface area contributed by atoms with E-state index in [0.29, 0.717) is 12.8 Å². The molecule has 0 saturated heterocycles. The number of hydrogen-bond acceptors (Lipinski definition) is 3. The number of hydrogen-bond donors (Lipinski definition) is 1. The third-order valence-electron chi connectivity index (χ3n) is 4.36. The monoisotopic (exact) mass is 341 g/mol. The predicted octanol–water partition coefficient (Wildman–Crippen LogP) is 4.21. The minimum absolute atomic E-state index is 0.0213. The normalized spacial score (nSPS) is 11.7. The summed E-state index contributed by atoms with van der Waals surface area (Å²) < 4.78 is 10.5. The fourth-order valence-corrected chi connectivity index (χ4v) is 2.86. The van der Waals surface area contributed by atoms with Gasteiger partial charge in [0.25, 0.3) is 0 Å². The Morgan fingerprint density at radius 3 is 2.36 bits per heavy atom. The molecule has 0 aromatic heterocycles. The quantitative estimate of drug-likeness (QED) is 0.782. The van der Waals surface area contributed by atoms with Crippen LogP contribution in [-0.4, -0.2) is 20.1 Å². The summed E-state index contributed by atoms with van der Waals surface area (Å²) in [4.78, 5) is 12.3. The van der Waals surface area contributed by atoms with Gasteiger partial charge in [0.15, 0.2) is 0 Å². The summed E-state index contributed by atoms with van der Waals surface area (Å²) in [5.74, 6) is 1.76. The lowest BCUT2D eigenvalue weighted by Crippen LogP contribution is -2.28. The molecule has 2 aromatic carbocycles. The number of benzene rings is 2. The Hall–Kier alpha value is -2.49. The lowest BCUT2D eigenvalue weighted by molar-refractivity contribution is -0.121. The van der Waals surface area contributed by atoms with Crippen LogP contribution in [0, 0.1) is 6.92 Å². The van der Waals surface area contributed by atoms with Gasteiger partial charge in [0, 0.05) is 6.42 Å². The highest BCUT2D eigenvalue weighted by atomic mass is 16.5. The Morgan fingerprint density at radius 1 is 1.08 bits per heavy atom. The van der Waals surface area contributed by atoms with Gasteiger partial charge in [-0.3, -0.25) is 4.79 Å². The molecule has 0 aliphatic carbocycles. The van der Waals surface area contributed by atoms with Gasteiger partial charge in [-0.25, -0.2) is 0 Å². The Morgan fingerprint density at radius 2 is 1.80 bits per heavy atom. The minimum atomic E-state index is 0.0213. The second kappa shape index (κ2) is 9.11. The first-order chi connectivity index (χ1) is 12.1. The van der Waals surface area contributed by atoms with Crippen LogP contribution in [0.5, 0.6) is 11.5 Å². The summed E-state index contributed by atoms with van der Waals surface area (Å²) in [6.07, 6.45) is 2.03. The second-order valence-corrected chi connectivity index (χ2v) is 6.11. The lowest BCUT2D eigenvalue weighted by Gasteiger charge is -2.19. The van der Waals surface area contributed by atoms with Crippen LogP contribution >= 0.6 is 0 Å². The molecule has 4 nitrogen and oxygen atoms in total. The van der Waals surface area contributed by atoms with Crippen molar-refractivity contribution < 1.29 is 14.3 Å². The summed E-state index contributed by atoms with van der Waals surface area (Å²) >= 11 is 0. The summed E-state index contributed by atoms with van der Waals surface area (Å²) in [5, 5.41) is 3.14. The maximum Gasteiger partial charge on any atom is 0.220 e. The standard InChI is InChI=1S/C21H27NO3/c1-5-19(17-9-12-20(25-4)15(2)14-17)22-21(23)13-8-16-6-10-18(24-3)11-7-16/h6-7,9-12,14,19H,5,8,13H2,1-4H3,(H,22,23)/t19-/m1/s1. The molecule has 0 aliphatic rings. The zero-order valence-corrected chi connectivity index (χ0v) is 15.5. The highest BCUT2D eigenvalue weighted by Gasteiger charge is 2.14. The van der Waals surface area contributed by atoms with E-state index in [-0.39, 0.29) is 11.9 Å². The van der Waals surface area contributed by atoms with Gasteiger partial charge in [-0.05, 0) is 54.7 Å². The molecule has 0 radical (unpaired) electrons. The largest absolute Gasteiger partial charge is 0.497 e. The summed E-state index contributed by atoms with van der Waals surface area (Å²) in [5.41, 5.74) is 3.31. The molecule has 0 spiro atoms. The van der Waals surface area contributed by atoms with Crippen LogP contribution in [0.1, 0.15) is 42.5 Å². The van der Waals surface area contributed by atoms with Crippen molar-refractivity contribution in [2.75, 3.05) is 14.2 Å².